The minimum Gasteiger partial charge on any atom is -0.328 e. The molecule has 3 rings (SSSR count). The van der Waals surface area contributed by atoms with E-state index in [0.29, 0.717) is 0 Å². The molecule has 2 heterocycles. The van der Waals surface area contributed by atoms with Crippen LogP contribution >= 0.6 is 0 Å². The first-order chi connectivity index (χ1) is 11.4. The zero-order valence-electron chi connectivity index (χ0n) is 15.3. The SMILES string of the molecule is Cc1ccc(C)c(CC2C(=O)NC(N3CCN(C)CC3)NC2C)c1. The lowest BCUT2D eigenvalue weighted by atomic mass is 9.88. The van der Waals surface area contributed by atoms with E-state index in [1.807, 2.05) is 0 Å². The fourth-order valence-electron chi connectivity index (χ4n) is 3.68. The van der Waals surface area contributed by atoms with E-state index in [2.05, 4.69) is 66.5 Å². The number of hydrogen-bond donors (Lipinski definition) is 2. The van der Waals surface area contributed by atoms with Gasteiger partial charge in [-0.05, 0) is 45.4 Å². The summed E-state index contributed by atoms with van der Waals surface area (Å²) in [5.41, 5.74) is 3.80. The Balaban J connectivity index is 1.65. The summed E-state index contributed by atoms with van der Waals surface area (Å²) in [4.78, 5) is 17.4. The van der Waals surface area contributed by atoms with Crippen LogP contribution in [0.25, 0.3) is 0 Å². The summed E-state index contributed by atoms with van der Waals surface area (Å²) in [5, 5.41) is 6.80. The standard InChI is InChI=1S/C19H30N4O/c1-13-5-6-14(2)16(11-13)12-17-15(3)20-19(21-18(17)24)23-9-7-22(4)8-10-23/h5-6,11,15,17,19-20H,7-10,12H2,1-4H3,(H,21,24). The second-order valence-corrected chi connectivity index (χ2v) is 7.45. The van der Waals surface area contributed by atoms with E-state index in [9.17, 15) is 4.79 Å². The molecule has 2 saturated heterocycles. The molecule has 0 spiro atoms. The van der Waals surface area contributed by atoms with Gasteiger partial charge in [0, 0.05) is 32.2 Å². The van der Waals surface area contributed by atoms with Gasteiger partial charge in [0.25, 0.3) is 0 Å². The molecule has 5 heteroatoms. The predicted molar refractivity (Wildman–Crippen MR) is 96.7 cm³/mol. The summed E-state index contributed by atoms with van der Waals surface area (Å²) in [5.74, 6) is 0.153. The zero-order chi connectivity index (χ0) is 17.3. The van der Waals surface area contributed by atoms with Crippen LogP contribution in [0.15, 0.2) is 18.2 Å². The van der Waals surface area contributed by atoms with Crippen molar-refractivity contribution in [1.29, 1.82) is 0 Å². The summed E-state index contributed by atoms with van der Waals surface area (Å²) in [6.45, 7) is 10.4. The molecule has 5 nitrogen and oxygen atoms in total. The van der Waals surface area contributed by atoms with Crippen LogP contribution in [0.5, 0.6) is 0 Å². The largest absolute Gasteiger partial charge is 0.328 e. The lowest BCUT2D eigenvalue weighted by molar-refractivity contribution is -0.132. The van der Waals surface area contributed by atoms with Crippen molar-refractivity contribution < 1.29 is 4.79 Å². The average Bonchev–Trinajstić information content (AvgIpc) is 2.54. The topological polar surface area (TPSA) is 47.6 Å². The number of likely N-dealkylation sites (N-methyl/N-ethyl adjacent to an activating group) is 1. The molecule has 0 bridgehead atoms. The summed E-state index contributed by atoms with van der Waals surface area (Å²) >= 11 is 0. The molecule has 0 saturated carbocycles. The third kappa shape index (κ3) is 3.79. The lowest BCUT2D eigenvalue weighted by Gasteiger charge is -2.44. The second-order valence-electron chi connectivity index (χ2n) is 7.45. The number of hydrogen-bond acceptors (Lipinski definition) is 4. The molecule has 2 aliphatic heterocycles. The van der Waals surface area contributed by atoms with Gasteiger partial charge in [0.05, 0.1) is 5.92 Å². The first-order valence-corrected chi connectivity index (χ1v) is 8.99. The van der Waals surface area contributed by atoms with Crippen LogP contribution < -0.4 is 10.6 Å². The maximum Gasteiger partial charge on any atom is 0.227 e. The van der Waals surface area contributed by atoms with Crippen molar-refractivity contribution in [3.8, 4) is 0 Å². The Kier molecular flexibility index (Phi) is 5.23. The Bertz CT molecular complexity index is 595. The van der Waals surface area contributed by atoms with E-state index in [1.54, 1.807) is 0 Å². The number of carbonyl (C=O) groups is 1. The number of aryl methyl sites for hydroxylation is 2. The van der Waals surface area contributed by atoms with Gasteiger partial charge in [0.2, 0.25) is 5.91 Å². The fourth-order valence-corrected chi connectivity index (χ4v) is 3.68. The van der Waals surface area contributed by atoms with E-state index in [4.69, 9.17) is 0 Å². The van der Waals surface area contributed by atoms with Gasteiger partial charge in [-0.2, -0.15) is 0 Å². The Hall–Kier alpha value is -1.43. The molecule has 1 amide bonds. The Labute approximate surface area is 145 Å². The number of carbonyl (C=O) groups excluding carboxylic acids is 1. The van der Waals surface area contributed by atoms with Crippen LogP contribution in [0.4, 0.5) is 0 Å². The van der Waals surface area contributed by atoms with E-state index in [1.165, 1.54) is 16.7 Å². The molecule has 1 aromatic carbocycles. The van der Waals surface area contributed by atoms with E-state index in [-0.39, 0.29) is 24.2 Å². The Morgan fingerprint density at radius 2 is 1.88 bits per heavy atom. The summed E-state index contributed by atoms with van der Waals surface area (Å²) in [7, 11) is 2.15. The molecule has 3 unspecified atom stereocenters. The molecule has 2 aliphatic rings. The highest BCUT2D eigenvalue weighted by Crippen LogP contribution is 2.21. The van der Waals surface area contributed by atoms with Crippen LogP contribution in [0.3, 0.4) is 0 Å². The van der Waals surface area contributed by atoms with Gasteiger partial charge in [-0.1, -0.05) is 23.8 Å². The highest BCUT2D eigenvalue weighted by atomic mass is 16.2. The van der Waals surface area contributed by atoms with Crippen molar-refractivity contribution in [2.45, 2.75) is 39.5 Å². The molecule has 0 aromatic heterocycles. The van der Waals surface area contributed by atoms with Gasteiger partial charge in [0.1, 0.15) is 6.29 Å². The first kappa shape index (κ1) is 17.4. The molecule has 2 fully saturated rings. The van der Waals surface area contributed by atoms with Crippen LogP contribution in [-0.4, -0.2) is 61.3 Å². The highest BCUT2D eigenvalue weighted by molar-refractivity contribution is 5.80. The maximum absolute atomic E-state index is 12.7. The zero-order valence-corrected chi connectivity index (χ0v) is 15.3. The average molecular weight is 330 g/mol. The Morgan fingerprint density at radius 1 is 1.17 bits per heavy atom. The van der Waals surface area contributed by atoms with Gasteiger partial charge in [-0.15, -0.1) is 0 Å². The van der Waals surface area contributed by atoms with Gasteiger partial charge in [-0.3, -0.25) is 15.0 Å². The van der Waals surface area contributed by atoms with Gasteiger partial charge < -0.3 is 10.2 Å². The number of piperazine rings is 1. The van der Waals surface area contributed by atoms with Crippen molar-refractivity contribution in [2.24, 2.45) is 5.92 Å². The van der Waals surface area contributed by atoms with E-state index in [0.717, 1.165) is 32.6 Å². The van der Waals surface area contributed by atoms with E-state index >= 15 is 0 Å². The Morgan fingerprint density at radius 3 is 2.54 bits per heavy atom. The molecule has 2 N–H and O–H groups in total. The van der Waals surface area contributed by atoms with Crippen molar-refractivity contribution in [3.05, 3.63) is 34.9 Å². The molecule has 3 atom stereocenters. The molecular weight excluding hydrogens is 300 g/mol. The third-order valence-electron chi connectivity index (χ3n) is 5.49. The van der Waals surface area contributed by atoms with Crippen LogP contribution in [0.2, 0.25) is 0 Å². The third-order valence-corrected chi connectivity index (χ3v) is 5.49. The molecular formula is C19H30N4O. The number of nitrogens with zero attached hydrogens (tertiary/aromatic N) is 2. The van der Waals surface area contributed by atoms with Crippen LogP contribution in [0, 0.1) is 19.8 Å². The van der Waals surface area contributed by atoms with Gasteiger partial charge >= 0.3 is 0 Å². The predicted octanol–water partition coefficient (Wildman–Crippen LogP) is 1.10. The highest BCUT2D eigenvalue weighted by Gasteiger charge is 2.36. The number of nitrogens with one attached hydrogen (secondary N) is 2. The number of rotatable bonds is 3. The normalized spacial score (nSPS) is 29.5. The molecule has 24 heavy (non-hydrogen) atoms. The van der Waals surface area contributed by atoms with Crippen molar-refractivity contribution in [3.63, 3.8) is 0 Å². The van der Waals surface area contributed by atoms with Crippen molar-refractivity contribution in [2.75, 3.05) is 33.2 Å². The summed E-state index contributed by atoms with van der Waals surface area (Å²) < 4.78 is 0. The first-order valence-electron chi connectivity index (χ1n) is 8.99. The van der Waals surface area contributed by atoms with Crippen molar-refractivity contribution >= 4 is 5.91 Å². The molecule has 1 aromatic rings. The maximum atomic E-state index is 12.7. The minimum absolute atomic E-state index is 0.0192. The quantitative estimate of drug-likeness (QED) is 0.871. The number of amides is 1. The van der Waals surface area contributed by atoms with E-state index < -0.39 is 0 Å². The van der Waals surface area contributed by atoms with Crippen LogP contribution in [-0.2, 0) is 11.2 Å². The smallest absolute Gasteiger partial charge is 0.227 e. The fraction of sp³-hybridized carbons (Fsp3) is 0.632. The van der Waals surface area contributed by atoms with Crippen molar-refractivity contribution in [1.82, 2.24) is 20.4 Å². The molecule has 0 radical (unpaired) electrons. The van der Waals surface area contributed by atoms with Gasteiger partial charge in [0.15, 0.2) is 0 Å². The summed E-state index contributed by atoms with van der Waals surface area (Å²) in [6.07, 6.45) is 0.763. The molecule has 132 valence electrons. The van der Waals surface area contributed by atoms with Gasteiger partial charge in [-0.25, -0.2) is 0 Å². The number of benzene rings is 1. The monoisotopic (exact) mass is 330 g/mol. The molecule has 0 aliphatic carbocycles. The summed E-state index contributed by atoms with van der Waals surface area (Å²) in [6, 6.07) is 6.66. The van der Waals surface area contributed by atoms with Crippen LogP contribution in [0.1, 0.15) is 23.6 Å². The minimum atomic E-state index is -0.0314. The second kappa shape index (κ2) is 7.21. The lowest BCUT2D eigenvalue weighted by Crippen LogP contribution is -2.68.